The summed E-state index contributed by atoms with van der Waals surface area (Å²) in [6, 6.07) is 63.2. The van der Waals surface area contributed by atoms with Crippen LogP contribution in [0.3, 0.4) is 0 Å². The van der Waals surface area contributed by atoms with Gasteiger partial charge in [0.15, 0.2) is 17.5 Å². The number of aromatic nitrogens is 3. The van der Waals surface area contributed by atoms with Gasteiger partial charge in [0, 0.05) is 22.1 Å². The lowest BCUT2D eigenvalue weighted by atomic mass is 9.81. The minimum atomic E-state index is -0.0594. The lowest BCUT2D eigenvalue weighted by Gasteiger charge is -2.22. The van der Waals surface area contributed by atoms with Crippen molar-refractivity contribution in [2.75, 3.05) is 0 Å². The molecule has 0 atom stereocenters. The van der Waals surface area contributed by atoms with Crippen LogP contribution >= 0.6 is 0 Å². The zero-order chi connectivity index (χ0) is 36.7. The first kappa shape index (κ1) is 31.5. The van der Waals surface area contributed by atoms with E-state index in [4.69, 9.17) is 15.0 Å². The van der Waals surface area contributed by atoms with Gasteiger partial charge in [-0.05, 0) is 107 Å². The summed E-state index contributed by atoms with van der Waals surface area (Å²) in [5.74, 6) is 1.96. The minimum absolute atomic E-state index is 0.0594. The van der Waals surface area contributed by atoms with Crippen molar-refractivity contribution in [3.8, 4) is 56.4 Å². The Morgan fingerprint density at radius 2 is 0.909 bits per heavy atom. The minimum Gasteiger partial charge on any atom is -0.208 e. The topological polar surface area (TPSA) is 38.7 Å². The van der Waals surface area contributed by atoms with E-state index in [1.165, 1.54) is 54.6 Å². The van der Waals surface area contributed by atoms with Gasteiger partial charge in [-0.1, -0.05) is 159 Å². The van der Waals surface area contributed by atoms with Crippen molar-refractivity contribution in [2.24, 2.45) is 0 Å². The van der Waals surface area contributed by atoms with E-state index in [1.54, 1.807) is 0 Å². The highest BCUT2D eigenvalue weighted by Gasteiger charge is 2.35. The third-order valence-electron chi connectivity index (χ3n) is 11.7. The van der Waals surface area contributed by atoms with E-state index in [-0.39, 0.29) is 5.41 Å². The Bertz CT molecular complexity index is 3110. The SMILES string of the molecule is CC1(C)c2ccccc2-c2cc3ccc4ccc5cc(-c6cc(-c7nc(-c8ccccc8)nc(-c8ccccc8)n7)c7ccccc7c6)ccc5c4c3cc21. The number of hydrogen-bond donors (Lipinski definition) is 0. The summed E-state index contributed by atoms with van der Waals surface area (Å²) in [6.07, 6.45) is 0. The molecular weight excluding hydrogens is 667 g/mol. The van der Waals surface area contributed by atoms with E-state index in [0.717, 1.165) is 38.6 Å². The number of hydrogen-bond acceptors (Lipinski definition) is 3. The molecule has 1 aliphatic carbocycles. The normalized spacial score (nSPS) is 13.1. The average Bonchev–Trinajstić information content (AvgIpc) is 3.47. The van der Waals surface area contributed by atoms with Gasteiger partial charge in [0.05, 0.1) is 0 Å². The van der Waals surface area contributed by atoms with Gasteiger partial charge < -0.3 is 0 Å². The van der Waals surface area contributed by atoms with Gasteiger partial charge in [-0.2, -0.15) is 0 Å². The van der Waals surface area contributed by atoms with Crippen LogP contribution in [0.15, 0.2) is 176 Å². The molecule has 1 aliphatic rings. The molecular formula is C52H35N3. The van der Waals surface area contributed by atoms with Crippen LogP contribution in [0.4, 0.5) is 0 Å². The molecule has 0 bridgehead atoms. The third-order valence-corrected chi connectivity index (χ3v) is 11.7. The molecule has 258 valence electrons. The van der Waals surface area contributed by atoms with Crippen molar-refractivity contribution in [3.63, 3.8) is 0 Å². The van der Waals surface area contributed by atoms with Crippen LogP contribution in [0.5, 0.6) is 0 Å². The van der Waals surface area contributed by atoms with Gasteiger partial charge in [0.1, 0.15) is 0 Å². The Morgan fingerprint density at radius 1 is 0.327 bits per heavy atom. The molecule has 0 saturated carbocycles. The highest BCUT2D eigenvalue weighted by molar-refractivity contribution is 6.21. The number of nitrogens with zero attached hydrogens (tertiary/aromatic N) is 3. The highest BCUT2D eigenvalue weighted by atomic mass is 15.0. The van der Waals surface area contributed by atoms with Crippen molar-refractivity contribution < 1.29 is 0 Å². The zero-order valence-corrected chi connectivity index (χ0v) is 30.6. The summed E-state index contributed by atoms with van der Waals surface area (Å²) in [4.78, 5) is 15.2. The molecule has 55 heavy (non-hydrogen) atoms. The maximum Gasteiger partial charge on any atom is 0.164 e. The van der Waals surface area contributed by atoms with Crippen molar-refractivity contribution >= 4 is 43.1 Å². The predicted octanol–water partition coefficient (Wildman–Crippen LogP) is 13.5. The van der Waals surface area contributed by atoms with E-state index in [0.29, 0.717) is 17.5 Å². The molecule has 10 aromatic rings. The zero-order valence-electron chi connectivity index (χ0n) is 30.6. The second-order valence-corrected chi connectivity index (χ2v) is 15.2. The Balaban J connectivity index is 1.09. The largest absolute Gasteiger partial charge is 0.208 e. The number of fused-ring (bicyclic) bond motifs is 9. The summed E-state index contributed by atoms with van der Waals surface area (Å²) in [5, 5.41) is 9.87. The van der Waals surface area contributed by atoms with Crippen molar-refractivity contribution in [3.05, 3.63) is 187 Å². The molecule has 0 amide bonds. The van der Waals surface area contributed by atoms with Crippen LogP contribution in [-0.2, 0) is 5.41 Å². The molecule has 0 N–H and O–H groups in total. The molecule has 11 rings (SSSR count). The van der Waals surface area contributed by atoms with Crippen LogP contribution in [0.25, 0.3) is 99.5 Å². The van der Waals surface area contributed by atoms with Crippen LogP contribution in [0.2, 0.25) is 0 Å². The number of benzene rings is 9. The summed E-state index contributed by atoms with van der Waals surface area (Å²) in [6.45, 7) is 4.72. The smallest absolute Gasteiger partial charge is 0.164 e. The second-order valence-electron chi connectivity index (χ2n) is 15.2. The molecule has 1 aromatic heterocycles. The Kier molecular flexibility index (Phi) is 6.90. The van der Waals surface area contributed by atoms with Gasteiger partial charge in [0.25, 0.3) is 0 Å². The van der Waals surface area contributed by atoms with Crippen LogP contribution in [0, 0.1) is 0 Å². The first-order valence-corrected chi connectivity index (χ1v) is 18.9. The van der Waals surface area contributed by atoms with Gasteiger partial charge in [0.2, 0.25) is 0 Å². The van der Waals surface area contributed by atoms with Gasteiger partial charge in [-0.3, -0.25) is 0 Å². The van der Waals surface area contributed by atoms with Crippen molar-refractivity contribution in [1.29, 1.82) is 0 Å². The third kappa shape index (κ3) is 5.01. The van der Waals surface area contributed by atoms with Gasteiger partial charge >= 0.3 is 0 Å². The summed E-state index contributed by atoms with van der Waals surface area (Å²) >= 11 is 0. The monoisotopic (exact) mass is 701 g/mol. The quantitative estimate of drug-likeness (QED) is 0.171. The molecule has 0 unspecified atom stereocenters. The molecule has 1 heterocycles. The lowest BCUT2D eigenvalue weighted by molar-refractivity contribution is 0.661. The first-order chi connectivity index (χ1) is 27.0. The first-order valence-electron chi connectivity index (χ1n) is 18.9. The van der Waals surface area contributed by atoms with Crippen LogP contribution < -0.4 is 0 Å². The fraction of sp³-hybridized carbons (Fsp3) is 0.0577. The Morgan fingerprint density at radius 3 is 1.65 bits per heavy atom. The van der Waals surface area contributed by atoms with E-state index in [2.05, 4.69) is 153 Å². The molecule has 3 heteroatoms. The molecule has 9 aromatic carbocycles. The molecule has 3 nitrogen and oxygen atoms in total. The van der Waals surface area contributed by atoms with Gasteiger partial charge in [-0.15, -0.1) is 0 Å². The molecule has 0 radical (unpaired) electrons. The average molecular weight is 702 g/mol. The fourth-order valence-corrected chi connectivity index (χ4v) is 8.86. The van der Waals surface area contributed by atoms with Crippen molar-refractivity contribution in [1.82, 2.24) is 15.0 Å². The van der Waals surface area contributed by atoms with E-state index in [1.807, 2.05) is 36.4 Å². The predicted molar refractivity (Wildman–Crippen MR) is 229 cm³/mol. The van der Waals surface area contributed by atoms with Gasteiger partial charge in [-0.25, -0.2) is 15.0 Å². The second kappa shape index (κ2) is 12.0. The Hall–Kier alpha value is -6.97. The molecule has 0 aliphatic heterocycles. The molecule has 0 saturated heterocycles. The highest BCUT2D eigenvalue weighted by Crippen LogP contribution is 2.50. The Labute approximate surface area is 319 Å². The standard InChI is InChI=1S/C52H35N3/c1-52(2)46-20-12-11-19-42(46)44-29-38-24-22-32-21-23-37-27-35(25-26-41(37)48(32)43(38)31-47(44)52)39-28-36-17-9-10-18-40(36)45(30-39)51-54-49(33-13-5-3-6-14-33)53-50(55-51)34-15-7-4-8-16-34/h3-31H,1-2H3. The summed E-state index contributed by atoms with van der Waals surface area (Å²) in [5.41, 5.74) is 10.6. The van der Waals surface area contributed by atoms with E-state index in [9.17, 15) is 0 Å². The maximum atomic E-state index is 5.12. The van der Waals surface area contributed by atoms with Crippen molar-refractivity contribution in [2.45, 2.75) is 19.3 Å². The van der Waals surface area contributed by atoms with E-state index < -0.39 is 0 Å². The van der Waals surface area contributed by atoms with Crippen LogP contribution in [-0.4, -0.2) is 15.0 Å². The fourth-order valence-electron chi connectivity index (χ4n) is 8.86. The maximum absolute atomic E-state index is 5.12. The molecule has 0 fully saturated rings. The number of rotatable bonds is 4. The molecule has 0 spiro atoms. The summed E-state index contributed by atoms with van der Waals surface area (Å²) in [7, 11) is 0. The van der Waals surface area contributed by atoms with E-state index >= 15 is 0 Å². The van der Waals surface area contributed by atoms with Crippen LogP contribution in [0.1, 0.15) is 25.0 Å². The lowest BCUT2D eigenvalue weighted by Crippen LogP contribution is -2.14. The summed E-state index contributed by atoms with van der Waals surface area (Å²) < 4.78 is 0.